The maximum absolute atomic E-state index is 12.5. The smallest absolute Gasteiger partial charge is 0.321 e. The summed E-state index contributed by atoms with van der Waals surface area (Å²) in [6, 6.07) is 1.63. The van der Waals surface area contributed by atoms with E-state index in [1.807, 2.05) is 0 Å². The maximum Gasteiger partial charge on any atom is 0.321 e. The molecule has 1 fully saturated rings. The molecule has 0 radical (unpaired) electrons. The molecule has 2 atom stereocenters. The van der Waals surface area contributed by atoms with Crippen LogP contribution in [0.1, 0.15) is 42.1 Å². The summed E-state index contributed by atoms with van der Waals surface area (Å²) < 4.78 is 5.17. The van der Waals surface area contributed by atoms with Gasteiger partial charge in [-0.1, -0.05) is 0 Å². The van der Waals surface area contributed by atoms with Crippen molar-refractivity contribution in [1.82, 2.24) is 10.3 Å². The van der Waals surface area contributed by atoms with E-state index in [0.29, 0.717) is 30.4 Å². The molecule has 1 saturated carbocycles. The number of hydrogen-bond acceptors (Lipinski definition) is 5. The molecule has 0 spiro atoms. The summed E-state index contributed by atoms with van der Waals surface area (Å²) in [6.07, 6.45) is 4.36. The van der Waals surface area contributed by atoms with Gasteiger partial charge in [-0.3, -0.25) is 14.6 Å². The number of nitrogens with zero attached hydrogens (tertiary/aromatic N) is 1. The van der Waals surface area contributed by atoms with Crippen LogP contribution in [0.15, 0.2) is 18.5 Å². The molecule has 0 bridgehead atoms. The van der Waals surface area contributed by atoms with Crippen molar-refractivity contribution < 1.29 is 19.4 Å². The summed E-state index contributed by atoms with van der Waals surface area (Å²) in [7, 11) is 0. The van der Waals surface area contributed by atoms with Crippen LogP contribution in [0, 0.1) is 0 Å². The molecule has 2 heterocycles. The lowest BCUT2D eigenvalue weighted by atomic mass is 9.69. The van der Waals surface area contributed by atoms with E-state index < -0.39 is 23.0 Å². The second-order valence-electron chi connectivity index (χ2n) is 5.22. The number of nitrogens with one attached hydrogen (secondary N) is 1. The zero-order valence-corrected chi connectivity index (χ0v) is 11.2. The molecular weight excluding hydrogens is 260 g/mol. The largest absolute Gasteiger partial charge is 0.465 e. The molecule has 20 heavy (non-hydrogen) atoms. The minimum Gasteiger partial charge on any atom is -0.465 e. The van der Waals surface area contributed by atoms with Gasteiger partial charge in [0.1, 0.15) is 5.41 Å². The molecule has 1 aliphatic heterocycles. The summed E-state index contributed by atoms with van der Waals surface area (Å²) in [4.78, 5) is 28.5. The summed E-state index contributed by atoms with van der Waals surface area (Å²) in [5, 5.41) is 13.4. The van der Waals surface area contributed by atoms with Crippen LogP contribution in [-0.2, 0) is 14.9 Å². The van der Waals surface area contributed by atoms with Gasteiger partial charge in [0.2, 0.25) is 0 Å². The van der Waals surface area contributed by atoms with Gasteiger partial charge in [0.05, 0.1) is 12.2 Å². The van der Waals surface area contributed by atoms with Crippen LogP contribution in [0.5, 0.6) is 0 Å². The van der Waals surface area contributed by atoms with Crippen molar-refractivity contribution in [3.05, 3.63) is 29.6 Å². The number of amides is 1. The average molecular weight is 276 g/mol. The first-order chi connectivity index (χ1) is 9.55. The van der Waals surface area contributed by atoms with E-state index in [4.69, 9.17) is 4.74 Å². The molecule has 2 unspecified atom stereocenters. The Morgan fingerprint density at radius 1 is 1.55 bits per heavy atom. The van der Waals surface area contributed by atoms with E-state index in [0.717, 1.165) is 0 Å². The fraction of sp³-hybridized carbons (Fsp3) is 0.500. The van der Waals surface area contributed by atoms with Gasteiger partial charge in [-0.05, 0) is 37.8 Å². The molecule has 6 nitrogen and oxygen atoms in total. The Morgan fingerprint density at radius 2 is 2.35 bits per heavy atom. The van der Waals surface area contributed by atoms with Crippen molar-refractivity contribution in [2.75, 3.05) is 6.61 Å². The molecule has 0 aromatic carbocycles. The van der Waals surface area contributed by atoms with Gasteiger partial charge in [0, 0.05) is 12.4 Å². The molecule has 106 valence electrons. The number of aromatic nitrogens is 1. The Balaban J connectivity index is 2.24. The number of esters is 1. The van der Waals surface area contributed by atoms with Crippen molar-refractivity contribution in [1.29, 1.82) is 0 Å². The molecule has 2 N–H and O–H groups in total. The van der Waals surface area contributed by atoms with Gasteiger partial charge < -0.3 is 15.2 Å². The Morgan fingerprint density at radius 3 is 3.10 bits per heavy atom. The van der Waals surface area contributed by atoms with Crippen LogP contribution >= 0.6 is 0 Å². The molecule has 2 aliphatic rings. The maximum atomic E-state index is 12.5. The number of rotatable bonds is 2. The SMILES string of the molecule is CCOC(=O)C12CCCC1(O)NC(=O)c1cnccc12. The van der Waals surface area contributed by atoms with E-state index in [2.05, 4.69) is 10.3 Å². The summed E-state index contributed by atoms with van der Waals surface area (Å²) >= 11 is 0. The number of hydrogen-bond donors (Lipinski definition) is 2. The molecule has 1 aromatic heterocycles. The van der Waals surface area contributed by atoms with Crippen molar-refractivity contribution in [2.24, 2.45) is 0 Å². The number of ether oxygens (including phenoxy) is 1. The highest BCUT2D eigenvalue weighted by Crippen LogP contribution is 2.51. The highest BCUT2D eigenvalue weighted by Gasteiger charge is 2.65. The number of aliphatic hydroxyl groups is 1. The summed E-state index contributed by atoms with van der Waals surface area (Å²) in [5.41, 5.74) is -1.97. The van der Waals surface area contributed by atoms with Crippen LogP contribution in [0.2, 0.25) is 0 Å². The Bertz CT molecular complexity index is 588. The lowest BCUT2D eigenvalue weighted by Crippen LogP contribution is -2.66. The fourth-order valence-corrected chi connectivity index (χ4v) is 3.39. The lowest BCUT2D eigenvalue weighted by Gasteiger charge is -2.44. The lowest BCUT2D eigenvalue weighted by molar-refractivity contribution is -0.162. The zero-order valence-electron chi connectivity index (χ0n) is 11.2. The summed E-state index contributed by atoms with van der Waals surface area (Å²) in [6.45, 7) is 1.95. The minimum absolute atomic E-state index is 0.227. The topological polar surface area (TPSA) is 88.5 Å². The van der Waals surface area contributed by atoms with Crippen molar-refractivity contribution in [3.63, 3.8) is 0 Å². The Hall–Kier alpha value is -1.95. The summed E-state index contributed by atoms with van der Waals surface area (Å²) in [5.74, 6) is -0.898. The second-order valence-corrected chi connectivity index (χ2v) is 5.22. The van der Waals surface area contributed by atoms with Gasteiger partial charge in [0.25, 0.3) is 5.91 Å². The third kappa shape index (κ3) is 1.45. The quantitative estimate of drug-likeness (QED) is 0.768. The normalized spacial score (nSPS) is 31.2. The van der Waals surface area contributed by atoms with Crippen molar-refractivity contribution in [3.8, 4) is 0 Å². The molecule has 1 aromatic rings. The zero-order chi connectivity index (χ0) is 14.4. The fourth-order valence-electron chi connectivity index (χ4n) is 3.39. The Kier molecular flexibility index (Phi) is 2.79. The highest BCUT2D eigenvalue weighted by molar-refractivity contribution is 6.02. The van der Waals surface area contributed by atoms with Gasteiger partial charge in [-0.25, -0.2) is 0 Å². The molecular formula is C14H16N2O4. The molecule has 1 amide bonds. The first-order valence-corrected chi connectivity index (χ1v) is 6.72. The third-order valence-corrected chi connectivity index (χ3v) is 4.27. The average Bonchev–Trinajstić information content (AvgIpc) is 2.77. The van der Waals surface area contributed by atoms with Gasteiger partial charge in [0.15, 0.2) is 5.72 Å². The minimum atomic E-state index is -1.58. The van der Waals surface area contributed by atoms with Crippen LogP contribution in [0.3, 0.4) is 0 Å². The number of pyridine rings is 1. The third-order valence-electron chi connectivity index (χ3n) is 4.27. The second kappa shape index (κ2) is 4.28. The van der Waals surface area contributed by atoms with Crippen LogP contribution < -0.4 is 5.32 Å². The van der Waals surface area contributed by atoms with E-state index in [9.17, 15) is 14.7 Å². The standard InChI is InChI=1S/C14H16N2O4/c1-2-20-12(18)13-5-3-6-14(13,19)16-11(17)9-8-15-7-4-10(9)13/h4,7-8,19H,2-3,5-6H2,1H3,(H,16,17). The van der Waals surface area contributed by atoms with Crippen molar-refractivity contribution in [2.45, 2.75) is 37.3 Å². The van der Waals surface area contributed by atoms with Crippen LogP contribution in [0.25, 0.3) is 0 Å². The number of carbonyl (C=O) groups excluding carboxylic acids is 2. The van der Waals surface area contributed by atoms with E-state index in [-0.39, 0.29) is 6.61 Å². The first kappa shape index (κ1) is 13.1. The van der Waals surface area contributed by atoms with E-state index in [1.165, 1.54) is 12.4 Å². The predicted octanol–water partition coefficient (Wildman–Crippen LogP) is 0.498. The number of carbonyl (C=O) groups is 2. The first-order valence-electron chi connectivity index (χ1n) is 6.72. The predicted molar refractivity (Wildman–Crippen MR) is 68.8 cm³/mol. The van der Waals surface area contributed by atoms with Gasteiger partial charge >= 0.3 is 5.97 Å². The van der Waals surface area contributed by atoms with Crippen LogP contribution in [0.4, 0.5) is 0 Å². The van der Waals surface area contributed by atoms with E-state index in [1.54, 1.807) is 13.0 Å². The van der Waals surface area contributed by atoms with Gasteiger partial charge in [-0.2, -0.15) is 0 Å². The van der Waals surface area contributed by atoms with Crippen molar-refractivity contribution >= 4 is 11.9 Å². The molecule has 1 aliphatic carbocycles. The van der Waals surface area contributed by atoms with E-state index >= 15 is 0 Å². The van der Waals surface area contributed by atoms with Gasteiger partial charge in [-0.15, -0.1) is 0 Å². The molecule has 3 rings (SSSR count). The Labute approximate surface area is 116 Å². The monoisotopic (exact) mass is 276 g/mol. The van der Waals surface area contributed by atoms with Crippen LogP contribution in [-0.4, -0.2) is 34.3 Å². The molecule has 6 heteroatoms. The highest BCUT2D eigenvalue weighted by atomic mass is 16.5. The molecule has 0 saturated heterocycles. The number of fused-ring (bicyclic) bond motifs is 3.